The number of piperidine rings is 1. The highest BCUT2D eigenvalue weighted by atomic mass is 32.1. The Morgan fingerprint density at radius 2 is 2.12 bits per heavy atom. The molecule has 4 rings (SSSR count). The van der Waals surface area contributed by atoms with E-state index in [2.05, 4.69) is 5.10 Å². The molecular weight excluding hydrogens is 320 g/mol. The molecule has 2 aliphatic rings. The van der Waals surface area contributed by atoms with Gasteiger partial charge in [0.25, 0.3) is 0 Å². The third-order valence-electron chi connectivity index (χ3n) is 5.36. The number of fused-ring (bicyclic) bond motifs is 1. The summed E-state index contributed by atoms with van der Waals surface area (Å²) < 4.78 is 1.76. The molecule has 1 atom stereocenters. The molecule has 0 aromatic carbocycles. The van der Waals surface area contributed by atoms with Crippen molar-refractivity contribution in [1.29, 1.82) is 0 Å². The van der Waals surface area contributed by atoms with Gasteiger partial charge in [0, 0.05) is 42.7 Å². The SMILES string of the molecule is CC(C(=O)N1CCC(c2nc3c(s2)CCC3)CC1)c1cnn(C)c1. The zero-order valence-corrected chi connectivity index (χ0v) is 15.2. The predicted molar refractivity (Wildman–Crippen MR) is 94.3 cm³/mol. The Morgan fingerprint density at radius 1 is 1.33 bits per heavy atom. The molecule has 0 saturated carbocycles. The van der Waals surface area contributed by atoms with Crippen LogP contribution in [0.25, 0.3) is 0 Å². The normalized spacial score (nSPS) is 19.5. The number of hydrogen-bond donors (Lipinski definition) is 0. The summed E-state index contributed by atoms with van der Waals surface area (Å²) in [6.07, 6.45) is 9.46. The smallest absolute Gasteiger partial charge is 0.229 e. The molecule has 6 heteroatoms. The van der Waals surface area contributed by atoms with Crippen LogP contribution < -0.4 is 0 Å². The van der Waals surface area contributed by atoms with Gasteiger partial charge in [-0.25, -0.2) is 4.98 Å². The lowest BCUT2D eigenvalue weighted by Gasteiger charge is -2.32. The molecule has 24 heavy (non-hydrogen) atoms. The van der Waals surface area contributed by atoms with Crippen LogP contribution in [0.1, 0.15) is 59.2 Å². The molecule has 0 N–H and O–H groups in total. The summed E-state index contributed by atoms with van der Waals surface area (Å²) in [5.41, 5.74) is 2.35. The standard InChI is InChI=1S/C18H24N4OS/c1-12(14-10-19-21(2)11-14)18(23)22-8-6-13(7-9-22)17-20-15-4-3-5-16(15)24-17/h10-13H,3-9H2,1-2H3. The van der Waals surface area contributed by atoms with Gasteiger partial charge in [0.1, 0.15) is 0 Å². The summed E-state index contributed by atoms with van der Waals surface area (Å²) in [6.45, 7) is 3.67. The molecule has 128 valence electrons. The molecule has 0 spiro atoms. The van der Waals surface area contributed by atoms with E-state index in [-0.39, 0.29) is 11.8 Å². The molecule has 1 aliphatic heterocycles. The number of hydrogen-bond acceptors (Lipinski definition) is 4. The Kier molecular flexibility index (Phi) is 4.16. The molecular formula is C18H24N4OS. The lowest BCUT2D eigenvalue weighted by atomic mass is 9.95. The van der Waals surface area contributed by atoms with Gasteiger partial charge in [-0.3, -0.25) is 9.48 Å². The van der Waals surface area contributed by atoms with Gasteiger partial charge >= 0.3 is 0 Å². The number of aromatic nitrogens is 3. The summed E-state index contributed by atoms with van der Waals surface area (Å²) >= 11 is 1.92. The molecule has 0 bridgehead atoms. The first-order chi connectivity index (χ1) is 11.6. The van der Waals surface area contributed by atoms with E-state index in [9.17, 15) is 4.79 Å². The van der Waals surface area contributed by atoms with E-state index >= 15 is 0 Å². The van der Waals surface area contributed by atoms with E-state index in [1.807, 2.05) is 36.4 Å². The van der Waals surface area contributed by atoms with Crippen molar-refractivity contribution in [3.8, 4) is 0 Å². The van der Waals surface area contributed by atoms with E-state index in [4.69, 9.17) is 4.98 Å². The van der Waals surface area contributed by atoms with Crippen molar-refractivity contribution in [2.45, 2.75) is 50.9 Å². The van der Waals surface area contributed by atoms with Crippen LogP contribution in [0.5, 0.6) is 0 Å². The van der Waals surface area contributed by atoms with Gasteiger partial charge < -0.3 is 4.90 Å². The molecule has 1 saturated heterocycles. The van der Waals surface area contributed by atoms with Gasteiger partial charge in [0.2, 0.25) is 5.91 Å². The van der Waals surface area contributed by atoms with Gasteiger partial charge in [-0.15, -0.1) is 11.3 Å². The molecule has 1 unspecified atom stereocenters. The molecule has 1 fully saturated rings. The molecule has 0 radical (unpaired) electrons. The van der Waals surface area contributed by atoms with E-state index in [1.54, 1.807) is 10.9 Å². The van der Waals surface area contributed by atoms with E-state index in [0.717, 1.165) is 37.9 Å². The molecule has 2 aromatic heterocycles. The van der Waals surface area contributed by atoms with Crippen molar-refractivity contribution in [2.24, 2.45) is 7.05 Å². The topological polar surface area (TPSA) is 51.0 Å². The minimum atomic E-state index is -0.112. The van der Waals surface area contributed by atoms with Crippen LogP contribution in [-0.2, 0) is 24.7 Å². The predicted octanol–water partition coefficient (Wildman–Crippen LogP) is 2.88. The Hall–Kier alpha value is -1.69. The van der Waals surface area contributed by atoms with Crippen LogP contribution in [0.15, 0.2) is 12.4 Å². The fourth-order valence-electron chi connectivity index (χ4n) is 3.81. The van der Waals surface area contributed by atoms with Crippen LogP contribution >= 0.6 is 11.3 Å². The third-order valence-corrected chi connectivity index (χ3v) is 6.68. The van der Waals surface area contributed by atoms with E-state index in [0.29, 0.717) is 5.92 Å². The van der Waals surface area contributed by atoms with Crippen LogP contribution in [0, 0.1) is 0 Å². The quantitative estimate of drug-likeness (QED) is 0.860. The first-order valence-electron chi connectivity index (χ1n) is 8.87. The maximum absolute atomic E-state index is 12.7. The zero-order chi connectivity index (χ0) is 16.7. The Morgan fingerprint density at radius 3 is 2.79 bits per heavy atom. The van der Waals surface area contributed by atoms with Crippen LogP contribution in [0.4, 0.5) is 0 Å². The summed E-state index contributed by atoms with van der Waals surface area (Å²) in [4.78, 5) is 21.1. The minimum Gasteiger partial charge on any atom is -0.342 e. The fourth-order valence-corrected chi connectivity index (χ4v) is 5.13. The molecule has 2 aromatic rings. The minimum absolute atomic E-state index is 0.112. The number of carbonyl (C=O) groups is 1. The van der Waals surface area contributed by atoms with Crippen molar-refractivity contribution in [2.75, 3.05) is 13.1 Å². The number of thiazole rings is 1. The van der Waals surface area contributed by atoms with E-state index < -0.39 is 0 Å². The lowest BCUT2D eigenvalue weighted by molar-refractivity contribution is -0.133. The zero-order valence-electron chi connectivity index (χ0n) is 14.4. The number of amides is 1. The molecule has 5 nitrogen and oxygen atoms in total. The van der Waals surface area contributed by atoms with Gasteiger partial charge in [0.15, 0.2) is 0 Å². The molecule has 1 amide bonds. The van der Waals surface area contributed by atoms with Crippen molar-refractivity contribution < 1.29 is 4.79 Å². The number of carbonyl (C=O) groups excluding carboxylic acids is 1. The number of rotatable bonds is 3. The summed E-state index contributed by atoms with van der Waals surface area (Å²) in [7, 11) is 1.89. The third kappa shape index (κ3) is 2.88. The van der Waals surface area contributed by atoms with Crippen LogP contribution in [-0.4, -0.2) is 38.7 Å². The lowest BCUT2D eigenvalue weighted by Crippen LogP contribution is -2.40. The van der Waals surface area contributed by atoms with E-state index in [1.165, 1.54) is 28.4 Å². The monoisotopic (exact) mass is 344 g/mol. The maximum atomic E-state index is 12.7. The molecule has 1 aliphatic carbocycles. The number of aryl methyl sites for hydroxylation is 3. The van der Waals surface area contributed by atoms with Crippen molar-refractivity contribution in [3.63, 3.8) is 0 Å². The van der Waals surface area contributed by atoms with Crippen molar-refractivity contribution in [1.82, 2.24) is 19.7 Å². The first-order valence-corrected chi connectivity index (χ1v) is 9.69. The Balaban J connectivity index is 1.37. The second kappa shape index (κ2) is 6.31. The molecule has 3 heterocycles. The summed E-state index contributed by atoms with van der Waals surface area (Å²) in [5, 5.41) is 5.49. The van der Waals surface area contributed by atoms with Crippen LogP contribution in [0.3, 0.4) is 0 Å². The highest BCUT2D eigenvalue weighted by molar-refractivity contribution is 7.11. The van der Waals surface area contributed by atoms with Gasteiger partial charge in [-0.05, 0) is 39.0 Å². The van der Waals surface area contributed by atoms with Crippen molar-refractivity contribution >= 4 is 17.2 Å². The van der Waals surface area contributed by atoms with Crippen LogP contribution in [0.2, 0.25) is 0 Å². The highest BCUT2D eigenvalue weighted by Crippen LogP contribution is 2.36. The number of nitrogens with zero attached hydrogens (tertiary/aromatic N) is 4. The maximum Gasteiger partial charge on any atom is 0.229 e. The summed E-state index contributed by atoms with van der Waals surface area (Å²) in [5.74, 6) is 0.653. The largest absolute Gasteiger partial charge is 0.342 e. The van der Waals surface area contributed by atoms with Gasteiger partial charge in [-0.1, -0.05) is 0 Å². The highest BCUT2D eigenvalue weighted by Gasteiger charge is 2.30. The second-order valence-electron chi connectivity index (χ2n) is 7.04. The fraction of sp³-hybridized carbons (Fsp3) is 0.611. The summed E-state index contributed by atoms with van der Waals surface area (Å²) in [6, 6.07) is 0. The van der Waals surface area contributed by atoms with Crippen molar-refractivity contribution in [3.05, 3.63) is 33.5 Å². The Bertz CT molecular complexity index is 721. The second-order valence-corrected chi connectivity index (χ2v) is 8.16. The average molecular weight is 344 g/mol. The first kappa shape index (κ1) is 15.8. The van der Waals surface area contributed by atoms with Gasteiger partial charge in [-0.2, -0.15) is 5.10 Å². The average Bonchev–Trinajstić information content (AvgIpc) is 3.29. The number of likely N-dealkylation sites (tertiary alicyclic amines) is 1. The Labute approximate surface area is 146 Å². The van der Waals surface area contributed by atoms with Gasteiger partial charge in [0.05, 0.1) is 22.8 Å².